The predicted octanol–water partition coefficient (Wildman–Crippen LogP) is 2.60. The number of carbonyl (C=O) groups is 1. The fraction of sp³-hybridized carbons (Fsp3) is 0.333. The summed E-state index contributed by atoms with van der Waals surface area (Å²) in [4.78, 5) is 26.9. The number of fused-ring (bicyclic) bond motifs is 1. The van der Waals surface area contributed by atoms with E-state index in [1.54, 1.807) is 9.13 Å². The predicted molar refractivity (Wildman–Crippen MR) is 109 cm³/mol. The lowest BCUT2D eigenvalue weighted by Gasteiger charge is -2.13. The van der Waals surface area contributed by atoms with E-state index in [0.717, 1.165) is 22.3 Å². The number of amides is 1. The number of benzene rings is 2. The van der Waals surface area contributed by atoms with E-state index >= 15 is 0 Å². The molecule has 1 N–H and O–H groups in total. The molecular formula is C21H26N4O2. The van der Waals surface area contributed by atoms with Gasteiger partial charge in [-0.2, -0.15) is 0 Å². The zero-order valence-corrected chi connectivity index (χ0v) is 16.1. The monoisotopic (exact) mass is 366 g/mol. The van der Waals surface area contributed by atoms with E-state index < -0.39 is 0 Å². The fourth-order valence-electron chi connectivity index (χ4n) is 3.21. The van der Waals surface area contributed by atoms with Gasteiger partial charge in [0.2, 0.25) is 5.91 Å². The van der Waals surface area contributed by atoms with E-state index in [1.807, 2.05) is 74.4 Å². The smallest absolute Gasteiger partial charge is 0.329 e. The molecule has 1 aromatic heterocycles. The second-order valence-electron chi connectivity index (χ2n) is 6.75. The molecule has 3 aromatic rings. The minimum Gasteiger partial charge on any atom is -0.378 e. The number of carbonyl (C=O) groups excluding carboxylic acids is 1. The zero-order valence-electron chi connectivity index (χ0n) is 16.1. The first-order valence-electron chi connectivity index (χ1n) is 9.22. The molecule has 0 atom stereocenters. The molecule has 6 heteroatoms. The highest BCUT2D eigenvalue weighted by molar-refractivity contribution is 5.78. The number of nitrogens with one attached hydrogen (secondary N) is 1. The summed E-state index contributed by atoms with van der Waals surface area (Å²) < 4.78 is 3.42. The number of para-hydroxylation sites is 2. The number of anilines is 1. The van der Waals surface area contributed by atoms with Gasteiger partial charge in [0.15, 0.2) is 0 Å². The lowest BCUT2D eigenvalue weighted by Crippen LogP contribution is -2.28. The summed E-state index contributed by atoms with van der Waals surface area (Å²) >= 11 is 0. The molecule has 0 spiro atoms. The van der Waals surface area contributed by atoms with Crippen molar-refractivity contribution in [1.82, 2.24) is 14.5 Å². The maximum Gasteiger partial charge on any atom is 0.329 e. The Hall–Kier alpha value is -3.02. The van der Waals surface area contributed by atoms with Gasteiger partial charge in [0, 0.05) is 45.8 Å². The summed E-state index contributed by atoms with van der Waals surface area (Å²) in [6.45, 7) is 3.42. The second kappa shape index (κ2) is 8.12. The van der Waals surface area contributed by atoms with E-state index in [1.165, 1.54) is 0 Å². The van der Waals surface area contributed by atoms with Gasteiger partial charge in [-0.3, -0.25) is 13.9 Å². The molecule has 0 radical (unpaired) electrons. The molecule has 1 heterocycles. The lowest BCUT2D eigenvalue weighted by molar-refractivity contribution is -0.121. The summed E-state index contributed by atoms with van der Waals surface area (Å²) in [6, 6.07) is 15.8. The van der Waals surface area contributed by atoms with Crippen LogP contribution in [0.15, 0.2) is 53.3 Å². The van der Waals surface area contributed by atoms with Crippen molar-refractivity contribution in [2.45, 2.75) is 33.0 Å². The van der Waals surface area contributed by atoms with Crippen molar-refractivity contribution in [3.8, 4) is 0 Å². The van der Waals surface area contributed by atoms with E-state index in [0.29, 0.717) is 19.6 Å². The Labute approximate surface area is 159 Å². The van der Waals surface area contributed by atoms with Gasteiger partial charge in [0.25, 0.3) is 0 Å². The quantitative estimate of drug-likeness (QED) is 0.699. The van der Waals surface area contributed by atoms with Crippen molar-refractivity contribution in [3.63, 3.8) is 0 Å². The molecule has 0 bridgehead atoms. The highest BCUT2D eigenvalue weighted by Crippen LogP contribution is 2.14. The number of imidazole rings is 1. The van der Waals surface area contributed by atoms with Crippen LogP contribution in [0.1, 0.15) is 18.9 Å². The number of hydrogen-bond acceptors (Lipinski definition) is 3. The van der Waals surface area contributed by atoms with Gasteiger partial charge in [0.05, 0.1) is 11.0 Å². The number of nitrogens with zero attached hydrogens (tertiary/aromatic N) is 3. The molecule has 0 aliphatic heterocycles. The molecule has 6 nitrogen and oxygen atoms in total. The molecular weight excluding hydrogens is 340 g/mol. The minimum absolute atomic E-state index is 0.0630. The van der Waals surface area contributed by atoms with Crippen LogP contribution in [-0.4, -0.2) is 29.1 Å². The first kappa shape index (κ1) is 18.8. The number of rotatable bonds is 7. The van der Waals surface area contributed by atoms with Crippen LogP contribution < -0.4 is 15.9 Å². The Balaban J connectivity index is 1.62. The van der Waals surface area contributed by atoms with Crippen LogP contribution >= 0.6 is 0 Å². The number of aryl methyl sites for hydroxylation is 2. The van der Waals surface area contributed by atoms with Crippen molar-refractivity contribution in [2.24, 2.45) is 0 Å². The van der Waals surface area contributed by atoms with Gasteiger partial charge in [-0.15, -0.1) is 0 Å². The molecule has 142 valence electrons. The van der Waals surface area contributed by atoms with Crippen molar-refractivity contribution in [2.75, 3.05) is 19.0 Å². The molecule has 27 heavy (non-hydrogen) atoms. The van der Waals surface area contributed by atoms with Crippen molar-refractivity contribution in [3.05, 3.63) is 64.6 Å². The third kappa shape index (κ3) is 4.05. The summed E-state index contributed by atoms with van der Waals surface area (Å²) in [5.41, 5.74) is 3.89. The fourth-order valence-corrected chi connectivity index (χ4v) is 3.21. The summed E-state index contributed by atoms with van der Waals surface area (Å²) in [7, 11) is 3.99. The third-order valence-corrected chi connectivity index (χ3v) is 4.75. The SMILES string of the molecule is CCn1c(=O)n(CCC(=O)NCc2ccc(N(C)C)cc2)c2ccccc21. The van der Waals surface area contributed by atoms with Gasteiger partial charge < -0.3 is 10.2 Å². The summed E-state index contributed by atoms with van der Waals surface area (Å²) in [5, 5.41) is 2.93. The maximum absolute atomic E-state index is 12.6. The van der Waals surface area contributed by atoms with E-state index in [-0.39, 0.29) is 18.0 Å². The molecule has 1 amide bonds. The van der Waals surface area contributed by atoms with Gasteiger partial charge in [-0.25, -0.2) is 4.79 Å². The largest absolute Gasteiger partial charge is 0.378 e. The van der Waals surface area contributed by atoms with Crippen LogP contribution in [0.25, 0.3) is 11.0 Å². The molecule has 0 aliphatic carbocycles. The average Bonchev–Trinajstić information content (AvgIpc) is 2.95. The number of aromatic nitrogens is 2. The van der Waals surface area contributed by atoms with Crippen molar-refractivity contribution >= 4 is 22.6 Å². The van der Waals surface area contributed by atoms with E-state index in [2.05, 4.69) is 5.32 Å². The Morgan fingerprint density at radius 1 is 1.00 bits per heavy atom. The van der Waals surface area contributed by atoms with E-state index in [9.17, 15) is 9.59 Å². The number of hydrogen-bond donors (Lipinski definition) is 1. The molecule has 0 fully saturated rings. The zero-order chi connectivity index (χ0) is 19.4. The van der Waals surface area contributed by atoms with Crippen molar-refractivity contribution < 1.29 is 4.79 Å². The average molecular weight is 366 g/mol. The van der Waals surface area contributed by atoms with Crippen LogP contribution in [0.5, 0.6) is 0 Å². The highest BCUT2D eigenvalue weighted by Gasteiger charge is 2.12. The van der Waals surface area contributed by atoms with Crippen LogP contribution in [0.2, 0.25) is 0 Å². The van der Waals surface area contributed by atoms with Crippen LogP contribution in [0, 0.1) is 0 Å². The van der Waals surface area contributed by atoms with Gasteiger partial charge in [0.1, 0.15) is 0 Å². The van der Waals surface area contributed by atoms with Gasteiger partial charge >= 0.3 is 5.69 Å². The first-order valence-corrected chi connectivity index (χ1v) is 9.22. The van der Waals surface area contributed by atoms with Gasteiger partial charge in [-0.1, -0.05) is 24.3 Å². The highest BCUT2D eigenvalue weighted by atomic mass is 16.2. The second-order valence-corrected chi connectivity index (χ2v) is 6.75. The minimum atomic E-state index is -0.0641. The molecule has 0 saturated heterocycles. The Kier molecular flexibility index (Phi) is 5.64. The lowest BCUT2D eigenvalue weighted by atomic mass is 10.2. The van der Waals surface area contributed by atoms with Crippen LogP contribution in [0.4, 0.5) is 5.69 Å². The van der Waals surface area contributed by atoms with Crippen molar-refractivity contribution in [1.29, 1.82) is 0 Å². The summed E-state index contributed by atoms with van der Waals surface area (Å²) in [6.07, 6.45) is 0.271. The van der Waals surface area contributed by atoms with Gasteiger partial charge in [-0.05, 0) is 36.8 Å². The normalized spacial score (nSPS) is 10.9. The molecule has 0 unspecified atom stereocenters. The molecule has 0 saturated carbocycles. The Bertz CT molecular complexity index is 984. The van der Waals surface area contributed by atoms with Crippen LogP contribution in [-0.2, 0) is 24.4 Å². The standard InChI is InChI=1S/C21H26N4O2/c1-4-24-18-7-5-6-8-19(18)25(21(24)27)14-13-20(26)22-15-16-9-11-17(12-10-16)23(2)3/h5-12H,4,13-15H2,1-3H3,(H,22,26). The van der Waals surface area contributed by atoms with E-state index in [4.69, 9.17) is 0 Å². The van der Waals surface area contributed by atoms with Crippen LogP contribution in [0.3, 0.4) is 0 Å². The molecule has 2 aromatic carbocycles. The molecule has 0 aliphatic rings. The Morgan fingerprint density at radius 3 is 2.22 bits per heavy atom. The topological polar surface area (TPSA) is 59.3 Å². The first-order chi connectivity index (χ1) is 13.0. The molecule has 3 rings (SSSR count). The third-order valence-electron chi connectivity index (χ3n) is 4.75. The maximum atomic E-state index is 12.6. The summed E-state index contributed by atoms with van der Waals surface area (Å²) in [5.74, 6) is -0.0630. The Morgan fingerprint density at radius 2 is 1.63 bits per heavy atom.